The van der Waals surface area contributed by atoms with E-state index in [0.29, 0.717) is 12.4 Å². The maximum Gasteiger partial charge on any atom is 0.264 e. The second kappa shape index (κ2) is 11.5. The van der Waals surface area contributed by atoms with E-state index in [1.165, 1.54) is 42.3 Å². The van der Waals surface area contributed by atoms with Gasteiger partial charge in [-0.05, 0) is 48.9 Å². The zero-order valence-electron chi connectivity index (χ0n) is 21.0. The number of ether oxygens (including phenoxy) is 2. The lowest BCUT2D eigenvalue weighted by Crippen LogP contribution is -2.50. The van der Waals surface area contributed by atoms with E-state index in [2.05, 4.69) is 5.32 Å². The fraction of sp³-hybridized carbons (Fsp3) is 0.259. The van der Waals surface area contributed by atoms with Crippen LogP contribution in [0, 0.1) is 5.82 Å². The first-order chi connectivity index (χ1) is 18.2. The van der Waals surface area contributed by atoms with Crippen LogP contribution in [-0.4, -0.2) is 58.0 Å². The lowest BCUT2D eigenvalue weighted by Gasteiger charge is -2.32. The predicted molar refractivity (Wildman–Crippen MR) is 139 cm³/mol. The van der Waals surface area contributed by atoms with E-state index >= 15 is 0 Å². The third kappa shape index (κ3) is 5.88. The number of hydrogen-bond donors (Lipinski definition) is 1. The Morgan fingerprint density at radius 2 is 1.63 bits per heavy atom. The summed E-state index contributed by atoms with van der Waals surface area (Å²) in [6.45, 7) is 1.63. The van der Waals surface area contributed by atoms with E-state index < -0.39 is 40.2 Å². The highest BCUT2D eigenvalue weighted by Crippen LogP contribution is 2.34. The van der Waals surface area contributed by atoms with Crippen LogP contribution >= 0.6 is 0 Å². The van der Waals surface area contributed by atoms with E-state index in [1.54, 1.807) is 31.2 Å². The Balaban J connectivity index is 1.72. The molecule has 0 saturated heterocycles. The van der Waals surface area contributed by atoms with Crippen LogP contribution in [0.3, 0.4) is 0 Å². The average molecular weight is 542 g/mol. The van der Waals surface area contributed by atoms with Crippen molar-refractivity contribution in [1.29, 1.82) is 0 Å². The Kier molecular flexibility index (Phi) is 8.16. The number of hydrogen-bond acceptors (Lipinski definition) is 6. The molecule has 38 heavy (non-hydrogen) atoms. The van der Waals surface area contributed by atoms with Crippen LogP contribution < -0.4 is 19.1 Å². The highest BCUT2D eigenvalue weighted by molar-refractivity contribution is 7.92. The summed E-state index contributed by atoms with van der Waals surface area (Å²) in [4.78, 5) is 27.4. The van der Waals surface area contributed by atoms with Crippen LogP contribution in [-0.2, 0) is 26.2 Å². The maximum atomic E-state index is 13.9. The summed E-state index contributed by atoms with van der Waals surface area (Å²) in [6.07, 6.45) is 0. The first kappa shape index (κ1) is 26.9. The summed E-state index contributed by atoms with van der Waals surface area (Å²) >= 11 is 0. The normalized spacial score (nSPS) is 13.3. The predicted octanol–water partition coefficient (Wildman–Crippen LogP) is 2.96. The second-order valence-electron chi connectivity index (χ2n) is 8.59. The highest BCUT2D eigenvalue weighted by atomic mass is 32.2. The van der Waals surface area contributed by atoms with Gasteiger partial charge in [-0.25, -0.2) is 12.8 Å². The SMILES string of the molecule is CNC(=O)C(C)N(Cc1ccccc1)C(=O)CN(c1ccc(F)cc1)S(=O)(=O)c1ccc2c(c1)OCCO2. The van der Waals surface area contributed by atoms with Gasteiger partial charge in [0.15, 0.2) is 11.5 Å². The monoisotopic (exact) mass is 541 g/mol. The van der Waals surface area contributed by atoms with Crippen molar-refractivity contribution in [2.24, 2.45) is 0 Å². The van der Waals surface area contributed by atoms with Crippen molar-refractivity contribution in [1.82, 2.24) is 10.2 Å². The molecule has 1 unspecified atom stereocenters. The molecule has 2 amide bonds. The minimum Gasteiger partial charge on any atom is -0.486 e. The minimum absolute atomic E-state index is 0.0790. The van der Waals surface area contributed by atoms with Gasteiger partial charge in [0.1, 0.15) is 31.6 Å². The van der Waals surface area contributed by atoms with Gasteiger partial charge in [0.2, 0.25) is 11.8 Å². The number of fused-ring (bicyclic) bond motifs is 1. The molecule has 0 saturated carbocycles. The molecule has 1 aliphatic heterocycles. The molecule has 3 aromatic rings. The standard InChI is InChI=1S/C27H28FN3O6S/c1-19(27(33)29-2)30(17-20-6-4-3-5-7-20)26(32)18-31(22-10-8-21(28)9-11-22)38(34,35)23-12-13-24-25(16-23)37-15-14-36-24/h3-13,16,19H,14-15,17-18H2,1-2H3,(H,29,33). The number of sulfonamides is 1. The number of nitrogens with zero attached hydrogens (tertiary/aromatic N) is 2. The van der Waals surface area contributed by atoms with Crippen LogP contribution in [0.1, 0.15) is 12.5 Å². The zero-order chi connectivity index (χ0) is 27.3. The molecule has 0 spiro atoms. The molecule has 1 heterocycles. The lowest BCUT2D eigenvalue weighted by atomic mass is 10.1. The third-order valence-corrected chi connectivity index (χ3v) is 7.87. The minimum atomic E-state index is -4.33. The molecule has 1 aliphatic rings. The molecule has 1 atom stereocenters. The van der Waals surface area contributed by atoms with E-state index in [-0.39, 0.29) is 29.5 Å². The van der Waals surface area contributed by atoms with E-state index in [1.807, 2.05) is 6.07 Å². The fourth-order valence-electron chi connectivity index (χ4n) is 4.02. The largest absolute Gasteiger partial charge is 0.486 e. The molecule has 0 fully saturated rings. The van der Waals surface area contributed by atoms with Crippen molar-refractivity contribution in [2.45, 2.75) is 24.4 Å². The quantitative estimate of drug-likeness (QED) is 0.447. The number of nitrogens with one attached hydrogen (secondary N) is 1. The van der Waals surface area contributed by atoms with Crippen molar-refractivity contribution in [3.63, 3.8) is 0 Å². The summed E-state index contributed by atoms with van der Waals surface area (Å²) in [6, 6.07) is 17.1. The Morgan fingerprint density at radius 1 is 0.974 bits per heavy atom. The molecule has 0 aliphatic carbocycles. The van der Waals surface area contributed by atoms with Crippen LogP contribution in [0.25, 0.3) is 0 Å². The second-order valence-corrected chi connectivity index (χ2v) is 10.5. The first-order valence-electron chi connectivity index (χ1n) is 11.9. The molecule has 9 nitrogen and oxygen atoms in total. The molecule has 200 valence electrons. The van der Waals surface area contributed by atoms with Gasteiger partial charge < -0.3 is 19.7 Å². The van der Waals surface area contributed by atoms with Gasteiger partial charge in [-0.3, -0.25) is 13.9 Å². The van der Waals surface area contributed by atoms with Crippen molar-refractivity contribution in [3.05, 3.63) is 84.2 Å². The lowest BCUT2D eigenvalue weighted by molar-refractivity contribution is -0.139. The van der Waals surface area contributed by atoms with Crippen LogP contribution in [0.5, 0.6) is 11.5 Å². The highest BCUT2D eigenvalue weighted by Gasteiger charge is 2.33. The Hall–Kier alpha value is -4.12. The number of likely N-dealkylation sites (N-methyl/N-ethyl adjacent to an activating group) is 1. The van der Waals surface area contributed by atoms with Gasteiger partial charge in [-0.15, -0.1) is 0 Å². The van der Waals surface area contributed by atoms with Gasteiger partial charge in [0, 0.05) is 19.7 Å². The Labute approximate surface area is 220 Å². The Bertz CT molecular complexity index is 1400. The molecule has 0 aromatic heterocycles. The van der Waals surface area contributed by atoms with E-state index in [4.69, 9.17) is 9.47 Å². The first-order valence-corrected chi connectivity index (χ1v) is 13.4. The van der Waals surface area contributed by atoms with Gasteiger partial charge in [0.25, 0.3) is 10.0 Å². The number of benzene rings is 3. The van der Waals surface area contributed by atoms with Crippen molar-refractivity contribution >= 4 is 27.5 Å². The number of halogens is 1. The molecule has 0 radical (unpaired) electrons. The molecule has 0 bridgehead atoms. The third-order valence-electron chi connectivity index (χ3n) is 6.10. The zero-order valence-corrected chi connectivity index (χ0v) is 21.8. The molecule has 3 aromatic carbocycles. The van der Waals surface area contributed by atoms with E-state index in [9.17, 15) is 22.4 Å². The van der Waals surface area contributed by atoms with Crippen molar-refractivity contribution in [2.75, 3.05) is 31.1 Å². The smallest absolute Gasteiger partial charge is 0.264 e. The summed E-state index contributed by atoms with van der Waals surface area (Å²) in [5.41, 5.74) is 0.849. The summed E-state index contributed by atoms with van der Waals surface area (Å²) in [7, 11) is -2.87. The molecule has 4 rings (SSSR count). The number of anilines is 1. The fourth-order valence-corrected chi connectivity index (χ4v) is 5.45. The summed E-state index contributed by atoms with van der Waals surface area (Å²) < 4.78 is 53.4. The van der Waals surface area contributed by atoms with Gasteiger partial charge in [0.05, 0.1) is 10.6 Å². The van der Waals surface area contributed by atoms with Gasteiger partial charge >= 0.3 is 0 Å². The van der Waals surface area contributed by atoms with Crippen LogP contribution in [0.15, 0.2) is 77.7 Å². The van der Waals surface area contributed by atoms with Crippen molar-refractivity contribution in [3.8, 4) is 11.5 Å². The topological polar surface area (TPSA) is 105 Å². The number of amides is 2. The average Bonchev–Trinajstić information content (AvgIpc) is 2.94. The van der Waals surface area contributed by atoms with E-state index in [0.717, 1.165) is 22.0 Å². The number of rotatable bonds is 9. The van der Waals surface area contributed by atoms with Crippen LogP contribution in [0.2, 0.25) is 0 Å². The molecular formula is C27H28FN3O6S. The number of carbonyl (C=O) groups excluding carboxylic acids is 2. The maximum absolute atomic E-state index is 13.9. The molecule has 11 heteroatoms. The van der Waals surface area contributed by atoms with Crippen LogP contribution in [0.4, 0.5) is 10.1 Å². The molecular weight excluding hydrogens is 513 g/mol. The van der Waals surface area contributed by atoms with Gasteiger partial charge in [-0.1, -0.05) is 30.3 Å². The number of carbonyl (C=O) groups is 2. The van der Waals surface area contributed by atoms with Crippen molar-refractivity contribution < 1.29 is 31.9 Å². The summed E-state index contributed by atoms with van der Waals surface area (Å²) in [5, 5.41) is 2.53. The Morgan fingerprint density at radius 3 is 2.29 bits per heavy atom. The van der Waals surface area contributed by atoms with Gasteiger partial charge in [-0.2, -0.15) is 0 Å². The molecule has 1 N–H and O–H groups in total. The summed E-state index contributed by atoms with van der Waals surface area (Å²) in [5.74, 6) is -0.905.